The van der Waals surface area contributed by atoms with Crippen LogP contribution in [0.3, 0.4) is 0 Å². The predicted octanol–water partition coefficient (Wildman–Crippen LogP) is 3.26. The first-order valence-corrected chi connectivity index (χ1v) is 10.5. The highest BCUT2D eigenvalue weighted by Crippen LogP contribution is 2.20. The summed E-state index contributed by atoms with van der Waals surface area (Å²) in [5.41, 5.74) is 2.05. The molecule has 1 aliphatic heterocycles. The van der Waals surface area contributed by atoms with E-state index in [1.54, 1.807) is 29.8 Å². The topological polar surface area (TPSA) is 92.4 Å². The number of nitrogens with zero attached hydrogens (tertiary/aromatic N) is 3. The van der Waals surface area contributed by atoms with E-state index in [9.17, 15) is 9.59 Å². The van der Waals surface area contributed by atoms with Gasteiger partial charge in [0.05, 0.1) is 25.2 Å². The number of aromatic nitrogens is 2. The lowest BCUT2D eigenvalue weighted by Gasteiger charge is -2.32. The van der Waals surface area contributed by atoms with Gasteiger partial charge in [0.25, 0.3) is 0 Å². The molecule has 0 saturated carbocycles. The van der Waals surface area contributed by atoms with Crippen LogP contribution in [0.2, 0.25) is 0 Å². The van der Waals surface area contributed by atoms with E-state index in [1.165, 1.54) is 0 Å². The van der Waals surface area contributed by atoms with E-state index in [1.807, 2.05) is 48.0 Å². The minimum absolute atomic E-state index is 0.0165. The zero-order valence-electron chi connectivity index (χ0n) is 17.5. The van der Waals surface area contributed by atoms with E-state index >= 15 is 0 Å². The van der Waals surface area contributed by atoms with Crippen LogP contribution in [0.1, 0.15) is 37.1 Å². The fraction of sp³-hybridized carbons (Fsp3) is 0.348. The van der Waals surface area contributed by atoms with Crippen LogP contribution in [0, 0.1) is 5.92 Å². The third kappa shape index (κ3) is 5.14. The fourth-order valence-electron chi connectivity index (χ4n) is 3.78. The average molecular weight is 422 g/mol. The van der Waals surface area contributed by atoms with Gasteiger partial charge in [0, 0.05) is 37.1 Å². The third-order valence-electron chi connectivity index (χ3n) is 5.71. The number of piperidine rings is 1. The van der Waals surface area contributed by atoms with Crippen LogP contribution in [0.5, 0.6) is 0 Å². The molecule has 162 valence electrons. The second-order valence-electron chi connectivity index (χ2n) is 7.79. The molecule has 1 saturated heterocycles. The Hall–Kier alpha value is -3.55. The van der Waals surface area contributed by atoms with Gasteiger partial charge in [-0.25, -0.2) is 9.78 Å². The number of urea groups is 1. The highest BCUT2D eigenvalue weighted by atomic mass is 16.3. The average Bonchev–Trinajstić information content (AvgIpc) is 3.52. The number of carbonyl (C=O) groups is 2. The fourth-order valence-corrected chi connectivity index (χ4v) is 3.78. The number of furan rings is 1. The largest absolute Gasteiger partial charge is 0.467 e. The summed E-state index contributed by atoms with van der Waals surface area (Å²) in [5.74, 6) is 0.673. The van der Waals surface area contributed by atoms with Crippen molar-refractivity contribution in [3.63, 3.8) is 0 Å². The van der Waals surface area contributed by atoms with Gasteiger partial charge in [0.2, 0.25) is 5.91 Å². The SMILES string of the molecule is CC(NC(=O)N1CCC(C(=O)NCc2ccco2)CC1)c1ccc(-n2ccnc2)cc1. The molecule has 0 bridgehead atoms. The lowest BCUT2D eigenvalue weighted by Crippen LogP contribution is -2.47. The second-order valence-corrected chi connectivity index (χ2v) is 7.79. The van der Waals surface area contributed by atoms with E-state index in [-0.39, 0.29) is 23.9 Å². The van der Waals surface area contributed by atoms with Crippen LogP contribution in [-0.2, 0) is 11.3 Å². The molecule has 1 aromatic carbocycles. The van der Waals surface area contributed by atoms with Crippen molar-refractivity contribution in [1.82, 2.24) is 25.1 Å². The molecule has 0 spiro atoms. The zero-order chi connectivity index (χ0) is 21.6. The minimum atomic E-state index is -0.112. The number of carbonyl (C=O) groups excluding carboxylic acids is 2. The molecular formula is C23H27N5O3. The molecule has 31 heavy (non-hydrogen) atoms. The second kappa shape index (κ2) is 9.51. The Bertz CT molecular complexity index is 975. The van der Waals surface area contributed by atoms with Gasteiger partial charge in [-0.2, -0.15) is 0 Å². The summed E-state index contributed by atoms with van der Waals surface area (Å²) in [5, 5.41) is 5.97. The number of hydrogen-bond donors (Lipinski definition) is 2. The maximum atomic E-state index is 12.7. The summed E-state index contributed by atoms with van der Waals surface area (Å²) in [4.78, 5) is 30.9. The quantitative estimate of drug-likeness (QED) is 0.639. The Morgan fingerprint density at radius 2 is 1.97 bits per heavy atom. The zero-order valence-corrected chi connectivity index (χ0v) is 17.5. The number of benzene rings is 1. The first-order chi connectivity index (χ1) is 15.1. The Balaban J connectivity index is 1.23. The summed E-state index contributed by atoms with van der Waals surface area (Å²) in [6, 6.07) is 11.5. The highest BCUT2D eigenvalue weighted by molar-refractivity contribution is 5.79. The third-order valence-corrected chi connectivity index (χ3v) is 5.71. The van der Waals surface area contributed by atoms with Gasteiger partial charge in [-0.15, -0.1) is 0 Å². The maximum Gasteiger partial charge on any atom is 0.317 e. The van der Waals surface area contributed by atoms with E-state index < -0.39 is 0 Å². The van der Waals surface area contributed by atoms with Gasteiger partial charge in [-0.3, -0.25) is 4.79 Å². The predicted molar refractivity (Wildman–Crippen MR) is 115 cm³/mol. The van der Waals surface area contributed by atoms with E-state index in [0.29, 0.717) is 32.5 Å². The standard InChI is InChI=1S/C23H27N5O3/c1-17(18-4-6-20(7-5-18)28-13-10-24-16-28)26-23(30)27-11-8-19(9-12-27)22(29)25-15-21-3-2-14-31-21/h2-7,10,13-14,16-17,19H,8-9,11-12,15H2,1H3,(H,25,29)(H,26,30). The minimum Gasteiger partial charge on any atom is -0.467 e. The van der Waals surface area contributed by atoms with Crippen LogP contribution in [0.15, 0.2) is 65.8 Å². The lowest BCUT2D eigenvalue weighted by molar-refractivity contribution is -0.126. The number of likely N-dealkylation sites (tertiary alicyclic amines) is 1. The molecular weight excluding hydrogens is 394 g/mol. The molecule has 1 unspecified atom stereocenters. The first-order valence-electron chi connectivity index (χ1n) is 10.5. The number of nitrogens with one attached hydrogen (secondary N) is 2. The molecule has 8 heteroatoms. The molecule has 8 nitrogen and oxygen atoms in total. The van der Waals surface area contributed by atoms with Gasteiger partial charge < -0.3 is 24.5 Å². The molecule has 1 aliphatic rings. The molecule has 4 rings (SSSR count). The van der Waals surface area contributed by atoms with Gasteiger partial charge in [-0.1, -0.05) is 12.1 Å². The van der Waals surface area contributed by atoms with E-state index in [4.69, 9.17) is 4.42 Å². The summed E-state index contributed by atoms with van der Waals surface area (Å²) in [6.07, 6.45) is 8.29. The number of imidazole rings is 1. The summed E-state index contributed by atoms with van der Waals surface area (Å²) < 4.78 is 7.17. The van der Waals surface area contributed by atoms with Crippen molar-refractivity contribution >= 4 is 11.9 Å². The van der Waals surface area contributed by atoms with Gasteiger partial charge >= 0.3 is 6.03 Å². The number of hydrogen-bond acceptors (Lipinski definition) is 4. The van der Waals surface area contributed by atoms with Crippen molar-refractivity contribution in [3.05, 3.63) is 72.7 Å². The lowest BCUT2D eigenvalue weighted by atomic mass is 9.96. The molecule has 3 heterocycles. The van der Waals surface area contributed by atoms with Gasteiger partial charge in [0.1, 0.15) is 5.76 Å². The van der Waals surface area contributed by atoms with Crippen LogP contribution in [-0.4, -0.2) is 39.5 Å². The number of amides is 3. The molecule has 2 aromatic heterocycles. The van der Waals surface area contributed by atoms with Crippen LogP contribution >= 0.6 is 0 Å². The smallest absolute Gasteiger partial charge is 0.317 e. The van der Waals surface area contributed by atoms with Crippen molar-refractivity contribution in [2.24, 2.45) is 5.92 Å². The molecule has 0 radical (unpaired) electrons. The van der Waals surface area contributed by atoms with Gasteiger partial charge in [0.15, 0.2) is 0 Å². The molecule has 1 atom stereocenters. The Kier molecular flexibility index (Phi) is 6.35. The van der Waals surface area contributed by atoms with Crippen molar-refractivity contribution in [3.8, 4) is 5.69 Å². The normalized spacial score (nSPS) is 15.5. The summed E-state index contributed by atoms with van der Waals surface area (Å²) in [7, 11) is 0. The molecule has 2 N–H and O–H groups in total. The van der Waals surface area contributed by atoms with Crippen molar-refractivity contribution in [2.75, 3.05) is 13.1 Å². The molecule has 3 aromatic rings. The first kappa shape index (κ1) is 20.7. The Labute approximate surface area is 181 Å². The molecule has 1 fully saturated rings. The van der Waals surface area contributed by atoms with Crippen molar-refractivity contribution in [1.29, 1.82) is 0 Å². The molecule has 3 amide bonds. The van der Waals surface area contributed by atoms with E-state index in [2.05, 4.69) is 15.6 Å². The van der Waals surface area contributed by atoms with Crippen molar-refractivity contribution in [2.45, 2.75) is 32.4 Å². The van der Waals surface area contributed by atoms with Crippen LogP contribution in [0.25, 0.3) is 5.69 Å². The Morgan fingerprint density at radius 1 is 1.19 bits per heavy atom. The number of rotatable bonds is 6. The highest BCUT2D eigenvalue weighted by Gasteiger charge is 2.27. The van der Waals surface area contributed by atoms with Crippen LogP contribution < -0.4 is 10.6 Å². The summed E-state index contributed by atoms with van der Waals surface area (Å²) in [6.45, 7) is 3.50. The van der Waals surface area contributed by atoms with E-state index in [0.717, 1.165) is 17.0 Å². The van der Waals surface area contributed by atoms with Crippen LogP contribution in [0.4, 0.5) is 4.79 Å². The molecule has 0 aliphatic carbocycles. The monoisotopic (exact) mass is 421 g/mol. The Morgan fingerprint density at radius 3 is 2.61 bits per heavy atom. The van der Waals surface area contributed by atoms with Crippen molar-refractivity contribution < 1.29 is 14.0 Å². The summed E-state index contributed by atoms with van der Waals surface area (Å²) >= 11 is 0. The maximum absolute atomic E-state index is 12.7. The van der Waals surface area contributed by atoms with Gasteiger partial charge in [-0.05, 0) is 49.6 Å².